The van der Waals surface area contributed by atoms with Crippen LogP contribution in [-0.2, 0) is 32.4 Å². The van der Waals surface area contributed by atoms with Crippen LogP contribution in [0.5, 0.6) is 5.75 Å². The van der Waals surface area contributed by atoms with Crippen molar-refractivity contribution in [2.45, 2.75) is 50.0 Å². The fourth-order valence-electron chi connectivity index (χ4n) is 5.16. The van der Waals surface area contributed by atoms with Crippen molar-refractivity contribution in [2.24, 2.45) is 5.92 Å². The minimum Gasteiger partial charge on any atom is -0.469 e. The Hall–Kier alpha value is -2.79. The Balaban J connectivity index is 1.54. The lowest BCUT2D eigenvalue weighted by molar-refractivity contribution is -0.274. The number of carbonyl (C=O) groups is 1. The van der Waals surface area contributed by atoms with Crippen molar-refractivity contribution < 1.29 is 35.9 Å². The Morgan fingerprint density at radius 1 is 1.00 bits per heavy atom. The third kappa shape index (κ3) is 5.11. The van der Waals surface area contributed by atoms with E-state index in [4.69, 9.17) is 4.74 Å². The number of alkyl halides is 3. The van der Waals surface area contributed by atoms with Gasteiger partial charge in [0.05, 0.1) is 17.9 Å². The average Bonchev–Trinajstić information content (AvgIpc) is 3.21. The van der Waals surface area contributed by atoms with Crippen molar-refractivity contribution in [1.82, 2.24) is 4.31 Å². The van der Waals surface area contributed by atoms with Gasteiger partial charge in [-0.1, -0.05) is 12.1 Å². The van der Waals surface area contributed by atoms with Crippen LogP contribution in [0.3, 0.4) is 0 Å². The summed E-state index contributed by atoms with van der Waals surface area (Å²) in [4.78, 5) is 14.2. The summed E-state index contributed by atoms with van der Waals surface area (Å²) in [5.74, 6) is -1.07. The predicted molar refractivity (Wildman–Crippen MR) is 123 cm³/mol. The third-order valence-corrected chi connectivity index (χ3v) is 8.72. The number of carbonyl (C=O) groups excluding carboxylic acids is 1. The van der Waals surface area contributed by atoms with E-state index < -0.39 is 34.4 Å². The topological polar surface area (TPSA) is 76.2 Å². The van der Waals surface area contributed by atoms with E-state index in [-0.39, 0.29) is 16.6 Å². The lowest BCUT2D eigenvalue weighted by Gasteiger charge is -2.44. The Bertz CT molecular complexity index is 1190. The number of fused-ring (bicyclic) bond motifs is 1. The number of nitrogens with zero attached hydrogens (tertiary/aromatic N) is 2. The molecule has 1 fully saturated rings. The van der Waals surface area contributed by atoms with E-state index in [2.05, 4.69) is 4.74 Å². The zero-order valence-corrected chi connectivity index (χ0v) is 20.4. The van der Waals surface area contributed by atoms with Crippen LogP contribution in [0.15, 0.2) is 47.4 Å². The smallest absolute Gasteiger partial charge is 0.469 e. The summed E-state index contributed by atoms with van der Waals surface area (Å²) in [6.45, 7) is 4.34. The van der Waals surface area contributed by atoms with Crippen LogP contribution < -0.4 is 9.64 Å². The zero-order chi connectivity index (χ0) is 25.5. The maximum Gasteiger partial charge on any atom is 0.573 e. The van der Waals surface area contributed by atoms with Crippen LogP contribution in [0.25, 0.3) is 0 Å². The van der Waals surface area contributed by atoms with Crippen LogP contribution in [-0.4, -0.2) is 57.3 Å². The fraction of sp³-hybridized carbons (Fsp3) is 0.458. The van der Waals surface area contributed by atoms with Crippen molar-refractivity contribution in [3.05, 3.63) is 53.6 Å². The summed E-state index contributed by atoms with van der Waals surface area (Å²) in [5, 5.41) is 0. The molecule has 1 aliphatic heterocycles. The molecule has 2 aromatic rings. The Morgan fingerprint density at radius 3 is 2.20 bits per heavy atom. The summed E-state index contributed by atoms with van der Waals surface area (Å²) >= 11 is 0. The number of rotatable bonds is 5. The van der Waals surface area contributed by atoms with Gasteiger partial charge in [0.1, 0.15) is 5.75 Å². The van der Waals surface area contributed by atoms with E-state index in [1.807, 2.05) is 24.8 Å². The van der Waals surface area contributed by atoms with E-state index in [9.17, 15) is 26.4 Å². The molecule has 0 spiro atoms. The third-order valence-electron chi connectivity index (χ3n) is 6.51. The highest BCUT2D eigenvalue weighted by Gasteiger charge is 2.41. The number of esters is 1. The maximum absolute atomic E-state index is 13.8. The Morgan fingerprint density at radius 2 is 1.63 bits per heavy atom. The summed E-state index contributed by atoms with van der Waals surface area (Å²) < 4.78 is 75.2. The molecule has 0 radical (unpaired) electrons. The number of hydrogen-bond donors (Lipinski definition) is 0. The largest absolute Gasteiger partial charge is 0.573 e. The highest BCUT2D eigenvalue weighted by molar-refractivity contribution is 7.89. The number of hydrogen-bond acceptors (Lipinski definition) is 6. The second-order valence-electron chi connectivity index (χ2n) is 9.00. The van der Waals surface area contributed by atoms with Gasteiger partial charge in [0, 0.05) is 30.9 Å². The molecule has 0 aromatic heterocycles. The van der Waals surface area contributed by atoms with Gasteiger partial charge in [-0.3, -0.25) is 4.79 Å². The molecular weight excluding hydrogens is 485 g/mol. The minimum absolute atomic E-state index is 0.210. The van der Waals surface area contributed by atoms with Crippen LogP contribution in [0.2, 0.25) is 0 Å². The SMILES string of the molecule is COC(=O)[C@H]1Cc2cccc(S(=O)(=O)N3[C@H](C)CN(c4ccc(OC(F)(F)F)cc4)C[C@@H]3C)c2C1. The van der Waals surface area contributed by atoms with E-state index in [0.29, 0.717) is 37.2 Å². The zero-order valence-electron chi connectivity index (χ0n) is 19.6. The van der Waals surface area contributed by atoms with Gasteiger partial charge in [0.2, 0.25) is 10.0 Å². The van der Waals surface area contributed by atoms with E-state index >= 15 is 0 Å². The first-order chi connectivity index (χ1) is 16.4. The summed E-state index contributed by atoms with van der Waals surface area (Å²) in [6.07, 6.45) is -4.01. The van der Waals surface area contributed by atoms with Gasteiger partial charge >= 0.3 is 12.3 Å². The standard InChI is InChI=1S/C24H27F3N2O5S/c1-15-13-28(19-7-9-20(10-8-19)34-24(25,26)27)14-16(2)29(15)35(31,32)22-6-4-5-17-11-18(12-21(17)22)23(30)33-3/h4-10,15-16,18H,11-14H2,1-3H3/t15-,16+,18-/m0/s1. The molecule has 3 atom stereocenters. The molecule has 0 bridgehead atoms. The highest BCUT2D eigenvalue weighted by Crippen LogP contribution is 2.36. The molecule has 11 heteroatoms. The van der Waals surface area contributed by atoms with E-state index in [1.54, 1.807) is 12.1 Å². The maximum atomic E-state index is 13.8. The van der Waals surface area contributed by atoms with E-state index in [1.165, 1.54) is 35.7 Å². The molecule has 2 aromatic carbocycles. The van der Waals surface area contributed by atoms with Gasteiger partial charge in [0.15, 0.2) is 0 Å². The number of anilines is 1. The molecule has 1 heterocycles. The lowest BCUT2D eigenvalue weighted by atomic mass is 10.1. The summed E-state index contributed by atoms with van der Waals surface area (Å²) in [6, 6.07) is 9.86. The molecule has 0 unspecified atom stereocenters. The predicted octanol–water partition coefficient (Wildman–Crippen LogP) is 3.76. The first kappa shape index (κ1) is 25.3. The number of piperazine rings is 1. The van der Waals surface area contributed by atoms with Gasteiger partial charge in [-0.15, -0.1) is 13.2 Å². The number of ether oxygens (including phenoxy) is 2. The minimum atomic E-state index is -4.76. The fourth-order valence-corrected chi connectivity index (χ4v) is 7.24. The normalized spacial score (nSPS) is 23.1. The molecule has 1 saturated heterocycles. The molecule has 0 amide bonds. The molecule has 190 valence electrons. The van der Waals surface area contributed by atoms with Gasteiger partial charge < -0.3 is 14.4 Å². The molecule has 1 aliphatic carbocycles. The lowest BCUT2D eigenvalue weighted by Crippen LogP contribution is -2.58. The molecule has 7 nitrogen and oxygen atoms in total. The quantitative estimate of drug-likeness (QED) is 0.568. The van der Waals surface area contributed by atoms with Crippen LogP contribution in [0.1, 0.15) is 25.0 Å². The molecule has 4 rings (SSSR count). The summed E-state index contributed by atoms with van der Waals surface area (Å²) in [5.41, 5.74) is 2.17. The molecule has 0 saturated carbocycles. The van der Waals surface area contributed by atoms with Gasteiger partial charge in [0.25, 0.3) is 0 Å². The van der Waals surface area contributed by atoms with Crippen LogP contribution in [0, 0.1) is 5.92 Å². The summed E-state index contributed by atoms with van der Waals surface area (Å²) in [7, 11) is -2.54. The van der Waals surface area contributed by atoms with Crippen LogP contribution >= 0.6 is 0 Å². The first-order valence-corrected chi connectivity index (χ1v) is 12.7. The molecule has 0 N–H and O–H groups in total. The highest BCUT2D eigenvalue weighted by atomic mass is 32.2. The Labute approximate surface area is 202 Å². The van der Waals surface area contributed by atoms with Gasteiger partial charge in [-0.25, -0.2) is 8.42 Å². The van der Waals surface area contributed by atoms with Crippen molar-refractivity contribution in [1.29, 1.82) is 0 Å². The van der Waals surface area contributed by atoms with Gasteiger partial charge in [-0.2, -0.15) is 4.31 Å². The van der Waals surface area contributed by atoms with Crippen molar-refractivity contribution in [3.63, 3.8) is 0 Å². The molecule has 35 heavy (non-hydrogen) atoms. The molecule has 2 aliphatic rings. The van der Waals surface area contributed by atoms with E-state index in [0.717, 1.165) is 5.56 Å². The first-order valence-electron chi connectivity index (χ1n) is 11.2. The van der Waals surface area contributed by atoms with Gasteiger partial charge in [-0.05, 0) is 68.1 Å². The number of sulfonamides is 1. The van der Waals surface area contributed by atoms with Crippen molar-refractivity contribution in [2.75, 3.05) is 25.1 Å². The van der Waals surface area contributed by atoms with Crippen molar-refractivity contribution in [3.8, 4) is 5.75 Å². The van der Waals surface area contributed by atoms with Crippen molar-refractivity contribution >= 4 is 21.7 Å². The second kappa shape index (κ2) is 9.34. The number of benzene rings is 2. The van der Waals surface area contributed by atoms with Crippen LogP contribution in [0.4, 0.5) is 18.9 Å². The second-order valence-corrected chi connectivity index (χ2v) is 10.8. The Kier molecular flexibility index (Phi) is 6.76. The average molecular weight is 513 g/mol. The number of methoxy groups -OCH3 is 1. The number of halogens is 3. The molecular formula is C24H27F3N2O5S. The monoisotopic (exact) mass is 512 g/mol.